The van der Waals surface area contributed by atoms with Crippen molar-refractivity contribution >= 4 is 29.2 Å². The molecule has 2 aromatic heterocycles. The number of rotatable bonds is 6. The Kier molecular flexibility index (Phi) is 6.29. The van der Waals surface area contributed by atoms with Crippen molar-refractivity contribution in [1.29, 1.82) is 0 Å². The van der Waals surface area contributed by atoms with E-state index in [9.17, 15) is 9.59 Å². The standard InChI is InChI=1S/C21H21ClN4O3/c1-13-17(14(2)26(25-13)16-8-5-4-6-9-16)12-19(27)29-15(3)21(28)24-18-10-7-11-23-20(18)22/h4-11,15H,12H2,1-3H3,(H,24,28)/t15-/m0/s1. The zero-order valence-electron chi connectivity index (χ0n) is 16.3. The summed E-state index contributed by atoms with van der Waals surface area (Å²) >= 11 is 5.93. The van der Waals surface area contributed by atoms with Gasteiger partial charge in [-0.3, -0.25) is 9.59 Å². The van der Waals surface area contributed by atoms with Crippen molar-refractivity contribution in [2.75, 3.05) is 5.32 Å². The zero-order valence-corrected chi connectivity index (χ0v) is 17.1. The summed E-state index contributed by atoms with van der Waals surface area (Å²) in [4.78, 5) is 28.6. The number of carbonyl (C=O) groups excluding carboxylic acids is 2. The minimum Gasteiger partial charge on any atom is -0.452 e. The third kappa shape index (κ3) is 4.81. The minimum atomic E-state index is -0.983. The van der Waals surface area contributed by atoms with Crippen LogP contribution in [-0.2, 0) is 20.7 Å². The fraction of sp³-hybridized carbons (Fsp3) is 0.238. The quantitative estimate of drug-likeness (QED) is 0.493. The van der Waals surface area contributed by atoms with Crippen LogP contribution in [0.25, 0.3) is 5.69 Å². The normalized spacial score (nSPS) is 11.7. The van der Waals surface area contributed by atoms with Crippen LogP contribution in [0.3, 0.4) is 0 Å². The predicted octanol–water partition coefficient (Wildman–Crippen LogP) is 3.65. The van der Waals surface area contributed by atoms with Crippen molar-refractivity contribution < 1.29 is 14.3 Å². The van der Waals surface area contributed by atoms with Crippen LogP contribution in [0.5, 0.6) is 0 Å². The van der Waals surface area contributed by atoms with E-state index in [1.54, 1.807) is 16.8 Å². The van der Waals surface area contributed by atoms with Gasteiger partial charge in [0.15, 0.2) is 11.3 Å². The van der Waals surface area contributed by atoms with Gasteiger partial charge in [0.25, 0.3) is 5.91 Å². The lowest BCUT2D eigenvalue weighted by Gasteiger charge is -2.14. The Morgan fingerprint density at radius 1 is 1.17 bits per heavy atom. The first-order valence-electron chi connectivity index (χ1n) is 9.08. The molecule has 1 N–H and O–H groups in total. The average molecular weight is 413 g/mol. The zero-order chi connectivity index (χ0) is 21.0. The van der Waals surface area contributed by atoms with E-state index in [1.807, 2.05) is 44.2 Å². The number of carbonyl (C=O) groups is 2. The average Bonchev–Trinajstić information content (AvgIpc) is 2.98. The van der Waals surface area contributed by atoms with Crippen LogP contribution in [-0.4, -0.2) is 32.7 Å². The molecule has 0 aliphatic carbocycles. The van der Waals surface area contributed by atoms with Crippen LogP contribution in [0.15, 0.2) is 48.7 Å². The van der Waals surface area contributed by atoms with E-state index in [2.05, 4.69) is 15.4 Å². The molecule has 0 saturated carbocycles. The van der Waals surface area contributed by atoms with Gasteiger partial charge in [0.1, 0.15) is 0 Å². The van der Waals surface area contributed by atoms with Gasteiger partial charge in [0, 0.05) is 17.5 Å². The highest BCUT2D eigenvalue weighted by molar-refractivity contribution is 6.32. The van der Waals surface area contributed by atoms with E-state index in [0.717, 1.165) is 22.6 Å². The van der Waals surface area contributed by atoms with Crippen molar-refractivity contribution in [2.24, 2.45) is 0 Å². The molecular formula is C21H21ClN4O3. The summed E-state index contributed by atoms with van der Waals surface area (Å²) < 4.78 is 7.09. The third-order valence-corrected chi connectivity index (χ3v) is 4.76. The third-order valence-electron chi connectivity index (χ3n) is 4.46. The first-order valence-corrected chi connectivity index (χ1v) is 9.46. The van der Waals surface area contributed by atoms with E-state index >= 15 is 0 Å². The Labute approximate surface area is 173 Å². The van der Waals surface area contributed by atoms with E-state index in [4.69, 9.17) is 16.3 Å². The Bertz CT molecular complexity index is 1030. The monoisotopic (exact) mass is 412 g/mol. The molecule has 0 unspecified atom stereocenters. The number of para-hydroxylation sites is 1. The molecule has 2 heterocycles. The van der Waals surface area contributed by atoms with Gasteiger partial charge >= 0.3 is 5.97 Å². The SMILES string of the molecule is Cc1nn(-c2ccccc2)c(C)c1CC(=O)O[C@@H](C)C(=O)Nc1cccnc1Cl. The fourth-order valence-corrected chi connectivity index (χ4v) is 3.07. The molecule has 0 fully saturated rings. The molecule has 150 valence electrons. The molecule has 3 aromatic rings. The van der Waals surface area contributed by atoms with Gasteiger partial charge in [-0.2, -0.15) is 5.10 Å². The number of ether oxygens (including phenoxy) is 1. The molecule has 0 bridgehead atoms. The van der Waals surface area contributed by atoms with Gasteiger partial charge in [0.05, 0.1) is 23.5 Å². The summed E-state index contributed by atoms with van der Waals surface area (Å²) in [5.74, 6) is -0.995. The molecule has 0 spiro atoms. The van der Waals surface area contributed by atoms with Crippen molar-refractivity contribution in [2.45, 2.75) is 33.3 Å². The number of anilines is 1. The largest absolute Gasteiger partial charge is 0.452 e. The van der Waals surface area contributed by atoms with E-state index < -0.39 is 18.0 Å². The van der Waals surface area contributed by atoms with Crippen molar-refractivity contribution in [3.8, 4) is 5.69 Å². The lowest BCUT2D eigenvalue weighted by Crippen LogP contribution is -2.30. The second-order valence-corrected chi connectivity index (χ2v) is 6.89. The summed E-state index contributed by atoms with van der Waals surface area (Å²) in [5, 5.41) is 7.29. The van der Waals surface area contributed by atoms with Crippen molar-refractivity contribution in [1.82, 2.24) is 14.8 Å². The maximum atomic E-state index is 12.4. The maximum Gasteiger partial charge on any atom is 0.311 e. The number of hydrogen-bond donors (Lipinski definition) is 1. The predicted molar refractivity (Wildman–Crippen MR) is 110 cm³/mol. The lowest BCUT2D eigenvalue weighted by molar-refractivity contribution is -0.152. The van der Waals surface area contributed by atoms with Crippen LogP contribution < -0.4 is 5.32 Å². The first kappa shape index (κ1) is 20.5. The maximum absolute atomic E-state index is 12.4. The Morgan fingerprint density at radius 3 is 2.59 bits per heavy atom. The number of nitrogens with one attached hydrogen (secondary N) is 1. The highest BCUT2D eigenvalue weighted by Crippen LogP contribution is 2.20. The van der Waals surface area contributed by atoms with Crippen molar-refractivity contribution in [3.05, 3.63) is 70.8 Å². The molecule has 1 aromatic carbocycles. The van der Waals surface area contributed by atoms with Gasteiger partial charge in [-0.1, -0.05) is 29.8 Å². The number of aromatic nitrogens is 3. The second kappa shape index (κ2) is 8.87. The molecule has 29 heavy (non-hydrogen) atoms. The fourth-order valence-electron chi connectivity index (χ4n) is 2.90. The number of halogens is 1. The molecule has 3 rings (SSSR count). The van der Waals surface area contributed by atoms with Crippen LogP contribution in [0.4, 0.5) is 5.69 Å². The summed E-state index contributed by atoms with van der Waals surface area (Å²) in [7, 11) is 0. The molecule has 8 heteroatoms. The smallest absolute Gasteiger partial charge is 0.311 e. The summed E-state index contributed by atoms with van der Waals surface area (Å²) in [6, 6.07) is 12.9. The summed E-state index contributed by atoms with van der Waals surface area (Å²) in [5.41, 5.74) is 3.64. The van der Waals surface area contributed by atoms with E-state index in [1.165, 1.54) is 13.1 Å². The molecule has 0 radical (unpaired) electrons. The number of esters is 1. The molecule has 7 nitrogen and oxygen atoms in total. The highest BCUT2D eigenvalue weighted by Gasteiger charge is 2.22. The lowest BCUT2D eigenvalue weighted by atomic mass is 10.1. The van der Waals surface area contributed by atoms with E-state index in [0.29, 0.717) is 5.69 Å². The highest BCUT2D eigenvalue weighted by atomic mass is 35.5. The van der Waals surface area contributed by atoms with Gasteiger partial charge in [0.2, 0.25) is 0 Å². The topological polar surface area (TPSA) is 86.1 Å². The van der Waals surface area contributed by atoms with Crippen molar-refractivity contribution in [3.63, 3.8) is 0 Å². The molecule has 0 aliphatic heterocycles. The molecule has 0 aliphatic rings. The van der Waals surface area contributed by atoms with Crippen LogP contribution in [0, 0.1) is 13.8 Å². The second-order valence-electron chi connectivity index (χ2n) is 6.54. The van der Waals surface area contributed by atoms with Gasteiger partial charge in [-0.05, 0) is 45.0 Å². The van der Waals surface area contributed by atoms with Gasteiger partial charge in [-0.15, -0.1) is 0 Å². The number of aryl methyl sites for hydroxylation is 1. The molecule has 1 amide bonds. The number of nitrogens with zero attached hydrogens (tertiary/aromatic N) is 3. The molecule has 0 saturated heterocycles. The van der Waals surface area contributed by atoms with Crippen LogP contribution in [0.1, 0.15) is 23.9 Å². The summed E-state index contributed by atoms with van der Waals surface area (Å²) in [6.45, 7) is 5.25. The van der Waals surface area contributed by atoms with Gasteiger partial charge in [-0.25, -0.2) is 9.67 Å². The Balaban J connectivity index is 1.65. The minimum absolute atomic E-state index is 0.0236. The van der Waals surface area contributed by atoms with Crippen LogP contribution in [0.2, 0.25) is 5.15 Å². The van der Waals surface area contributed by atoms with Gasteiger partial charge < -0.3 is 10.1 Å². The summed E-state index contributed by atoms with van der Waals surface area (Å²) in [6.07, 6.45) is 0.556. The number of amides is 1. The molecule has 1 atom stereocenters. The number of benzene rings is 1. The number of hydrogen-bond acceptors (Lipinski definition) is 5. The first-order chi connectivity index (χ1) is 13.9. The Hall–Kier alpha value is -3.19. The van der Waals surface area contributed by atoms with E-state index in [-0.39, 0.29) is 11.6 Å². The Morgan fingerprint density at radius 2 is 1.90 bits per heavy atom. The van der Waals surface area contributed by atoms with Crippen LogP contribution >= 0.6 is 11.6 Å². The number of pyridine rings is 1. The molecular weight excluding hydrogens is 392 g/mol.